The monoisotopic (exact) mass is 395 g/mol. The lowest BCUT2D eigenvalue weighted by Gasteiger charge is -2.18. The Morgan fingerprint density at radius 3 is 2.48 bits per heavy atom. The Labute approximate surface area is 141 Å². The number of hydrogen-bond acceptors (Lipinski definition) is 2. The Bertz CT molecular complexity index is 553. The zero-order chi connectivity index (χ0) is 15.1. The molecule has 112 valence electrons. The summed E-state index contributed by atoms with van der Waals surface area (Å²) >= 11 is 2.30. The summed E-state index contributed by atoms with van der Waals surface area (Å²) in [4.78, 5) is 0. The van der Waals surface area contributed by atoms with Gasteiger partial charge in [0, 0.05) is 9.61 Å². The van der Waals surface area contributed by atoms with Gasteiger partial charge in [0.15, 0.2) is 0 Å². The normalized spacial score (nSPS) is 12.1. The van der Waals surface area contributed by atoms with Crippen molar-refractivity contribution in [2.75, 3.05) is 6.54 Å². The van der Waals surface area contributed by atoms with Crippen molar-refractivity contribution in [2.45, 2.75) is 32.7 Å². The van der Waals surface area contributed by atoms with Crippen molar-refractivity contribution in [1.82, 2.24) is 5.32 Å². The molecule has 0 heterocycles. The van der Waals surface area contributed by atoms with E-state index in [0.29, 0.717) is 6.04 Å². The summed E-state index contributed by atoms with van der Waals surface area (Å²) in [5.41, 5.74) is 1.29. The topological polar surface area (TPSA) is 21.3 Å². The molecular formula is C18H22INO. The Morgan fingerprint density at radius 1 is 1.05 bits per heavy atom. The molecule has 21 heavy (non-hydrogen) atoms. The van der Waals surface area contributed by atoms with Crippen LogP contribution in [0.3, 0.4) is 0 Å². The predicted octanol–water partition coefficient (Wildman–Crippen LogP) is 5.53. The molecule has 2 rings (SSSR count). The first kappa shape index (κ1) is 16.3. The first-order chi connectivity index (χ1) is 10.2. The molecule has 0 aliphatic rings. The van der Waals surface area contributed by atoms with Crippen molar-refractivity contribution < 1.29 is 4.74 Å². The third-order valence-electron chi connectivity index (χ3n) is 3.36. The smallest absolute Gasteiger partial charge is 0.127 e. The van der Waals surface area contributed by atoms with Gasteiger partial charge >= 0.3 is 0 Å². The van der Waals surface area contributed by atoms with Crippen LogP contribution < -0.4 is 10.1 Å². The molecule has 2 nitrogen and oxygen atoms in total. The standard InChI is InChI=1S/C18H22INO/c1-3-12-20-18(4-2)14-6-5-7-17(13-14)21-16-10-8-15(19)9-11-16/h5-11,13,18,20H,3-4,12H2,1-2H3. The van der Waals surface area contributed by atoms with E-state index in [9.17, 15) is 0 Å². The molecule has 0 radical (unpaired) electrons. The van der Waals surface area contributed by atoms with Gasteiger partial charge in [0.2, 0.25) is 0 Å². The molecule has 1 N–H and O–H groups in total. The second-order valence-corrected chi connectivity index (χ2v) is 6.29. The number of ether oxygens (including phenoxy) is 1. The largest absolute Gasteiger partial charge is 0.457 e. The van der Waals surface area contributed by atoms with Crippen molar-refractivity contribution in [3.05, 3.63) is 57.7 Å². The van der Waals surface area contributed by atoms with E-state index < -0.39 is 0 Å². The lowest BCUT2D eigenvalue weighted by molar-refractivity contribution is 0.476. The van der Waals surface area contributed by atoms with Crippen molar-refractivity contribution in [1.29, 1.82) is 0 Å². The van der Waals surface area contributed by atoms with Crippen LogP contribution in [0.5, 0.6) is 11.5 Å². The van der Waals surface area contributed by atoms with E-state index in [-0.39, 0.29) is 0 Å². The van der Waals surface area contributed by atoms with Gasteiger partial charge in [0.05, 0.1) is 0 Å². The van der Waals surface area contributed by atoms with Gasteiger partial charge in [-0.25, -0.2) is 0 Å². The minimum Gasteiger partial charge on any atom is -0.457 e. The zero-order valence-corrected chi connectivity index (χ0v) is 14.8. The van der Waals surface area contributed by atoms with E-state index in [4.69, 9.17) is 4.74 Å². The second kappa shape index (κ2) is 8.39. The summed E-state index contributed by atoms with van der Waals surface area (Å²) < 4.78 is 7.15. The molecule has 2 aromatic carbocycles. The van der Waals surface area contributed by atoms with Gasteiger partial charge in [0.25, 0.3) is 0 Å². The van der Waals surface area contributed by atoms with Crippen molar-refractivity contribution in [2.24, 2.45) is 0 Å². The lowest BCUT2D eigenvalue weighted by atomic mass is 10.0. The maximum Gasteiger partial charge on any atom is 0.127 e. The molecule has 2 aromatic rings. The highest BCUT2D eigenvalue weighted by Gasteiger charge is 2.09. The summed E-state index contributed by atoms with van der Waals surface area (Å²) in [5, 5.41) is 3.58. The highest BCUT2D eigenvalue weighted by atomic mass is 127. The summed E-state index contributed by atoms with van der Waals surface area (Å²) in [6, 6.07) is 16.9. The minimum atomic E-state index is 0.394. The number of nitrogens with one attached hydrogen (secondary N) is 1. The van der Waals surface area contributed by atoms with E-state index in [2.05, 4.69) is 72.1 Å². The Morgan fingerprint density at radius 2 is 1.81 bits per heavy atom. The third kappa shape index (κ3) is 5.00. The molecule has 0 aliphatic heterocycles. The average molecular weight is 395 g/mol. The molecule has 0 amide bonds. The van der Waals surface area contributed by atoms with Crippen LogP contribution in [-0.2, 0) is 0 Å². The van der Waals surface area contributed by atoms with Crippen LogP contribution in [0.25, 0.3) is 0 Å². The molecule has 3 heteroatoms. The van der Waals surface area contributed by atoms with Crippen molar-refractivity contribution in [3.63, 3.8) is 0 Å². The SMILES string of the molecule is CCCNC(CC)c1cccc(Oc2ccc(I)cc2)c1. The van der Waals surface area contributed by atoms with Gasteiger partial charge in [-0.2, -0.15) is 0 Å². The lowest BCUT2D eigenvalue weighted by Crippen LogP contribution is -2.21. The Hall–Kier alpha value is -1.07. The molecule has 1 unspecified atom stereocenters. The van der Waals surface area contributed by atoms with Gasteiger partial charge in [-0.3, -0.25) is 0 Å². The van der Waals surface area contributed by atoms with Crippen LogP contribution >= 0.6 is 22.6 Å². The van der Waals surface area contributed by atoms with Crippen LogP contribution in [0.1, 0.15) is 38.3 Å². The first-order valence-electron chi connectivity index (χ1n) is 7.49. The number of halogens is 1. The van der Waals surface area contributed by atoms with Crippen LogP contribution in [0.4, 0.5) is 0 Å². The van der Waals surface area contributed by atoms with Crippen molar-refractivity contribution in [3.8, 4) is 11.5 Å². The quantitative estimate of drug-likeness (QED) is 0.622. The van der Waals surface area contributed by atoms with Gasteiger partial charge in [-0.05, 0) is 83.9 Å². The number of benzene rings is 2. The summed E-state index contributed by atoms with van der Waals surface area (Å²) in [6.07, 6.45) is 2.22. The third-order valence-corrected chi connectivity index (χ3v) is 4.08. The molecule has 0 saturated heterocycles. The van der Waals surface area contributed by atoms with E-state index in [1.165, 1.54) is 9.13 Å². The average Bonchev–Trinajstić information content (AvgIpc) is 2.51. The highest BCUT2D eigenvalue weighted by molar-refractivity contribution is 14.1. The minimum absolute atomic E-state index is 0.394. The molecule has 0 spiro atoms. The highest BCUT2D eigenvalue weighted by Crippen LogP contribution is 2.26. The summed E-state index contributed by atoms with van der Waals surface area (Å²) in [6.45, 7) is 5.44. The van der Waals surface area contributed by atoms with Crippen LogP contribution in [0.2, 0.25) is 0 Å². The Kier molecular flexibility index (Phi) is 6.51. The molecule has 1 atom stereocenters. The van der Waals surface area contributed by atoms with Gasteiger partial charge in [-0.1, -0.05) is 26.0 Å². The molecule has 0 saturated carbocycles. The maximum atomic E-state index is 5.94. The predicted molar refractivity (Wildman–Crippen MR) is 97.0 cm³/mol. The van der Waals surface area contributed by atoms with E-state index in [1.807, 2.05) is 18.2 Å². The van der Waals surface area contributed by atoms with Gasteiger partial charge < -0.3 is 10.1 Å². The summed E-state index contributed by atoms with van der Waals surface area (Å²) in [7, 11) is 0. The van der Waals surface area contributed by atoms with Crippen LogP contribution in [0.15, 0.2) is 48.5 Å². The number of rotatable bonds is 7. The van der Waals surface area contributed by atoms with Gasteiger partial charge in [-0.15, -0.1) is 0 Å². The Balaban J connectivity index is 2.11. The molecule has 0 aliphatic carbocycles. The van der Waals surface area contributed by atoms with E-state index in [1.54, 1.807) is 0 Å². The molecular weight excluding hydrogens is 373 g/mol. The molecule has 0 bridgehead atoms. The molecule has 0 fully saturated rings. The van der Waals surface area contributed by atoms with Gasteiger partial charge in [0.1, 0.15) is 11.5 Å². The summed E-state index contributed by atoms with van der Waals surface area (Å²) in [5.74, 6) is 1.77. The van der Waals surface area contributed by atoms with Crippen molar-refractivity contribution >= 4 is 22.6 Å². The fourth-order valence-corrected chi connectivity index (χ4v) is 2.61. The fraction of sp³-hybridized carbons (Fsp3) is 0.333. The molecule has 0 aromatic heterocycles. The first-order valence-corrected chi connectivity index (χ1v) is 8.57. The maximum absolute atomic E-state index is 5.94. The zero-order valence-electron chi connectivity index (χ0n) is 12.6. The second-order valence-electron chi connectivity index (χ2n) is 5.04. The van der Waals surface area contributed by atoms with Crippen LogP contribution in [-0.4, -0.2) is 6.54 Å². The van der Waals surface area contributed by atoms with E-state index in [0.717, 1.165) is 30.9 Å². The van der Waals surface area contributed by atoms with Crippen LogP contribution in [0, 0.1) is 3.57 Å². The van der Waals surface area contributed by atoms with E-state index >= 15 is 0 Å². The fourth-order valence-electron chi connectivity index (χ4n) is 2.25. The number of hydrogen-bond donors (Lipinski definition) is 1.